The van der Waals surface area contributed by atoms with Gasteiger partial charge in [-0.2, -0.15) is 5.26 Å². The SMILES string of the molecule is N#CCN(NC(=O)c1cc(OCc2ccccc2)c(OCc2ccccc2)cn1)C(N)=O. The van der Waals surface area contributed by atoms with Crippen LogP contribution in [0.25, 0.3) is 0 Å². The van der Waals surface area contributed by atoms with Crippen molar-refractivity contribution in [3.05, 3.63) is 89.7 Å². The number of nitrogens with zero attached hydrogens (tertiary/aromatic N) is 3. The summed E-state index contributed by atoms with van der Waals surface area (Å²) in [5.41, 5.74) is 9.26. The summed E-state index contributed by atoms with van der Waals surface area (Å²) in [4.78, 5) is 28.0. The maximum atomic E-state index is 12.5. The highest BCUT2D eigenvalue weighted by Gasteiger charge is 2.18. The number of hydrogen-bond acceptors (Lipinski definition) is 6. The Morgan fingerprint density at radius 1 is 0.969 bits per heavy atom. The number of nitrogens with one attached hydrogen (secondary N) is 1. The molecule has 0 saturated heterocycles. The molecule has 0 radical (unpaired) electrons. The van der Waals surface area contributed by atoms with Gasteiger partial charge in [-0.05, 0) is 11.1 Å². The Hall–Kier alpha value is -4.58. The number of pyridine rings is 1. The predicted octanol–water partition coefficient (Wildman–Crippen LogP) is 2.79. The number of benzene rings is 2. The Morgan fingerprint density at radius 2 is 1.53 bits per heavy atom. The van der Waals surface area contributed by atoms with Gasteiger partial charge in [0, 0.05) is 6.07 Å². The maximum absolute atomic E-state index is 12.5. The van der Waals surface area contributed by atoms with Crippen LogP contribution in [0.3, 0.4) is 0 Å². The van der Waals surface area contributed by atoms with Crippen LogP contribution in [0.4, 0.5) is 4.79 Å². The molecular weight excluding hydrogens is 410 g/mol. The van der Waals surface area contributed by atoms with Crippen molar-refractivity contribution in [2.45, 2.75) is 13.2 Å². The van der Waals surface area contributed by atoms with Crippen molar-refractivity contribution in [2.24, 2.45) is 5.73 Å². The quantitative estimate of drug-likeness (QED) is 0.417. The summed E-state index contributed by atoms with van der Waals surface area (Å²) in [6, 6.07) is 21.3. The molecule has 162 valence electrons. The number of rotatable bonds is 8. The lowest BCUT2D eigenvalue weighted by Crippen LogP contribution is -2.49. The largest absolute Gasteiger partial charge is 0.485 e. The first-order valence-electron chi connectivity index (χ1n) is 9.65. The predicted molar refractivity (Wildman–Crippen MR) is 115 cm³/mol. The Morgan fingerprint density at radius 3 is 2.06 bits per heavy atom. The summed E-state index contributed by atoms with van der Waals surface area (Å²) in [6.45, 7) is 0.125. The summed E-state index contributed by atoms with van der Waals surface area (Å²) in [5.74, 6) is -0.0702. The van der Waals surface area contributed by atoms with E-state index in [-0.39, 0.29) is 18.9 Å². The van der Waals surface area contributed by atoms with Gasteiger partial charge in [-0.3, -0.25) is 10.2 Å². The van der Waals surface area contributed by atoms with Gasteiger partial charge in [0.05, 0.1) is 12.3 Å². The standard InChI is InChI=1S/C23H21N5O4/c24-11-12-28(23(25)30)27-22(29)19-13-20(31-15-17-7-3-1-4-8-17)21(14-26-19)32-16-18-9-5-2-6-10-18/h1-10,13-14H,12,15-16H2,(H2,25,30)(H,27,29). The molecule has 9 heteroatoms. The molecule has 9 nitrogen and oxygen atoms in total. The highest BCUT2D eigenvalue weighted by atomic mass is 16.5. The molecule has 3 amide bonds. The van der Waals surface area contributed by atoms with Gasteiger partial charge in [0.2, 0.25) is 0 Å². The molecule has 0 fully saturated rings. The molecule has 0 unspecified atom stereocenters. The molecular formula is C23H21N5O4. The minimum absolute atomic E-state index is 0.0377. The van der Waals surface area contributed by atoms with Crippen molar-refractivity contribution in [3.8, 4) is 17.6 Å². The van der Waals surface area contributed by atoms with Crippen molar-refractivity contribution in [3.63, 3.8) is 0 Å². The van der Waals surface area contributed by atoms with Gasteiger partial charge in [-0.1, -0.05) is 60.7 Å². The van der Waals surface area contributed by atoms with E-state index in [1.807, 2.05) is 60.7 Å². The van der Waals surface area contributed by atoms with Crippen molar-refractivity contribution in [1.29, 1.82) is 5.26 Å². The second-order valence-electron chi connectivity index (χ2n) is 6.59. The van der Waals surface area contributed by atoms with Gasteiger partial charge in [0.1, 0.15) is 25.5 Å². The van der Waals surface area contributed by atoms with Crippen LogP contribution in [-0.2, 0) is 13.2 Å². The highest BCUT2D eigenvalue weighted by molar-refractivity contribution is 5.93. The molecule has 3 rings (SSSR count). The minimum atomic E-state index is -0.969. The van der Waals surface area contributed by atoms with Crippen LogP contribution in [0.1, 0.15) is 21.6 Å². The number of aromatic nitrogens is 1. The highest BCUT2D eigenvalue weighted by Crippen LogP contribution is 2.28. The number of amides is 3. The van der Waals surface area contributed by atoms with Crippen molar-refractivity contribution >= 4 is 11.9 Å². The molecule has 3 aromatic rings. The summed E-state index contributed by atoms with van der Waals surface area (Å²) in [7, 11) is 0. The van der Waals surface area contributed by atoms with Crippen LogP contribution in [-0.4, -0.2) is 28.5 Å². The number of carbonyl (C=O) groups excluding carboxylic acids is 2. The number of hydrogen-bond donors (Lipinski definition) is 2. The third-order valence-electron chi connectivity index (χ3n) is 4.27. The summed E-state index contributed by atoms with van der Waals surface area (Å²) >= 11 is 0. The molecule has 2 aromatic carbocycles. The lowest BCUT2D eigenvalue weighted by Gasteiger charge is -2.18. The first-order valence-corrected chi connectivity index (χ1v) is 9.65. The molecule has 0 aliphatic carbocycles. The molecule has 0 atom stereocenters. The number of nitrogens with two attached hydrogens (primary N) is 1. The lowest BCUT2D eigenvalue weighted by atomic mass is 10.2. The van der Waals surface area contributed by atoms with Crippen LogP contribution < -0.4 is 20.6 Å². The minimum Gasteiger partial charge on any atom is -0.485 e. The van der Waals surface area contributed by atoms with E-state index >= 15 is 0 Å². The van der Waals surface area contributed by atoms with Crippen LogP contribution in [0, 0.1) is 11.3 Å². The first-order chi connectivity index (χ1) is 15.6. The van der Waals surface area contributed by atoms with Crippen molar-refractivity contribution < 1.29 is 19.1 Å². The van der Waals surface area contributed by atoms with Gasteiger partial charge >= 0.3 is 6.03 Å². The fourth-order valence-corrected chi connectivity index (χ4v) is 2.66. The van der Waals surface area contributed by atoms with E-state index in [2.05, 4.69) is 10.4 Å². The molecule has 1 heterocycles. The van der Waals surface area contributed by atoms with Gasteiger partial charge in [0.25, 0.3) is 5.91 Å². The zero-order valence-electron chi connectivity index (χ0n) is 17.1. The number of primary amides is 1. The van der Waals surface area contributed by atoms with E-state index in [1.165, 1.54) is 12.3 Å². The second kappa shape index (κ2) is 11.0. The van der Waals surface area contributed by atoms with Crippen molar-refractivity contribution in [2.75, 3.05) is 6.54 Å². The molecule has 0 aliphatic heterocycles. The zero-order valence-corrected chi connectivity index (χ0v) is 17.1. The van der Waals surface area contributed by atoms with Crippen LogP contribution in [0.2, 0.25) is 0 Å². The van der Waals surface area contributed by atoms with Gasteiger partial charge < -0.3 is 15.2 Å². The molecule has 0 aliphatic rings. The molecule has 0 saturated carbocycles. The van der Waals surface area contributed by atoms with Crippen molar-refractivity contribution in [1.82, 2.24) is 15.4 Å². The van der Waals surface area contributed by atoms with E-state index in [9.17, 15) is 9.59 Å². The number of carbonyl (C=O) groups is 2. The van der Waals surface area contributed by atoms with E-state index in [0.29, 0.717) is 16.5 Å². The Kier molecular flexibility index (Phi) is 7.59. The zero-order chi connectivity index (χ0) is 22.8. The fraction of sp³-hybridized carbons (Fsp3) is 0.130. The lowest BCUT2D eigenvalue weighted by molar-refractivity contribution is 0.0841. The second-order valence-corrected chi connectivity index (χ2v) is 6.59. The first kappa shape index (κ1) is 22.1. The third-order valence-corrected chi connectivity index (χ3v) is 4.27. The van der Waals surface area contributed by atoms with Crippen LogP contribution in [0.5, 0.6) is 11.5 Å². The van der Waals surface area contributed by atoms with E-state index in [1.54, 1.807) is 6.07 Å². The van der Waals surface area contributed by atoms with Gasteiger partial charge in [-0.25, -0.2) is 14.8 Å². The molecule has 3 N–H and O–H groups in total. The summed E-state index contributed by atoms with van der Waals surface area (Å²) < 4.78 is 11.8. The Bertz CT molecular complexity index is 1100. The monoisotopic (exact) mass is 431 g/mol. The smallest absolute Gasteiger partial charge is 0.334 e. The number of ether oxygens (including phenoxy) is 2. The summed E-state index contributed by atoms with van der Waals surface area (Å²) in [5, 5.41) is 9.47. The normalized spacial score (nSPS) is 9.97. The fourth-order valence-electron chi connectivity index (χ4n) is 2.66. The van der Waals surface area contributed by atoms with Crippen LogP contribution in [0.15, 0.2) is 72.9 Å². The maximum Gasteiger partial charge on any atom is 0.334 e. The van der Waals surface area contributed by atoms with Gasteiger partial charge in [-0.15, -0.1) is 0 Å². The van der Waals surface area contributed by atoms with E-state index in [0.717, 1.165) is 11.1 Å². The third kappa shape index (κ3) is 6.21. The average molecular weight is 431 g/mol. The number of nitriles is 1. The average Bonchev–Trinajstić information content (AvgIpc) is 2.82. The molecule has 1 aromatic heterocycles. The molecule has 0 bridgehead atoms. The van der Waals surface area contributed by atoms with E-state index < -0.39 is 18.5 Å². The molecule has 32 heavy (non-hydrogen) atoms. The Balaban J connectivity index is 1.80. The molecule has 0 spiro atoms. The number of urea groups is 1. The summed E-state index contributed by atoms with van der Waals surface area (Å²) in [6.07, 6.45) is 1.37. The van der Waals surface area contributed by atoms with E-state index in [4.69, 9.17) is 20.5 Å². The van der Waals surface area contributed by atoms with Crippen LogP contribution >= 0.6 is 0 Å². The Labute approximate surface area is 185 Å². The topological polar surface area (TPSA) is 131 Å². The van der Waals surface area contributed by atoms with Gasteiger partial charge in [0.15, 0.2) is 11.5 Å². The number of hydrazine groups is 1.